The number of hydrogen-bond acceptors (Lipinski definition) is 1. The first-order valence-corrected chi connectivity index (χ1v) is 3.53. The van der Waals surface area contributed by atoms with E-state index in [-0.39, 0.29) is 0 Å². The molecule has 0 amide bonds. The zero-order valence-corrected chi connectivity index (χ0v) is 7.78. The predicted octanol–water partition coefficient (Wildman–Crippen LogP) is 3.68. The summed E-state index contributed by atoms with van der Waals surface area (Å²) in [5, 5.41) is 6.21. The Morgan fingerprint density at radius 1 is 1.00 bits per heavy atom. The Balaban J connectivity index is -0.0000000262. The molecule has 0 aromatic carbocycles. The minimum absolute atomic E-state index is 1.14. The number of rotatable bonds is 1. The molecule has 62 valence electrons. The van der Waals surface area contributed by atoms with Crippen molar-refractivity contribution in [3.8, 4) is 0 Å². The zero-order valence-electron chi connectivity index (χ0n) is 7.78. The van der Waals surface area contributed by atoms with Gasteiger partial charge in [-0.15, -0.1) is 13.2 Å². The molecule has 1 nitrogen and oxygen atoms in total. The first-order valence-electron chi connectivity index (χ1n) is 3.53. The van der Waals surface area contributed by atoms with E-state index in [9.17, 15) is 0 Å². The Kier molecular flexibility index (Phi) is 722. The fraction of sp³-hybridized carbons (Fsp3) is 0.444. The van der Waals surface area contributed by atoms with Crippen molar-refractivity contribution in [2.24, 2.45) is 0 Å². The lowest BCUT2D eigenvalue weighted by Crippen LogP contribution is -1.41. The molecule has 0 fully saturated rings. The molecule has 0 heterocycles. The molecular formula is C9H21N. The van der Waals surface area contributed by atoms with Crippen LogP contribution in [-0.4, -0.2) is 6.21 Å². The number of hydrogen-bond donors (Lipinski definition) is 1. The quantitative estimate of drug-likeness (QED) is 0.427. The van der Waals surface area contributed by atoms with Crippen molar-refractivity contribution in [2.45, 2.75) is 27.7 Å². The van der Waals surface area contributed by atoms with E-state index in [0.29, 0.717) is 0 Å². The standard InChI is InChI=1S/C3H5N.2C2H6.C2H4/c1-2-3-4;3*1-2/h2-4H,1H2;2*1-2H3;1-2H2. The van der Waals surface area contributed by atoms with E-state index in [0.717, 1.165) is 6.21 Å². The summed E-state index contributed by atoms with van der Waals surface area (Å²) in [6, 6.07) is 0. The highest BCUT2D eigenvalue weighted by atomic mass is 14.3. The summed E-state index contributed by atoms with van der Waals surface area (Å²) >= 11 is 0. The lowest BCUT2D eigenvalue weighted by atomic mass is 10.7. The van der Waals surface area contributed by atoms with Gasteiger partial charge in [0.25, 0.3) is 0 Å². The third-order valence-electron chi connectivity index (χ3n) is 0.118. The highest BCUT2D eigenvalue weighted by molar-refractivity contribution is 5.66. The van der Waals surface area contributed by atoms with E-state index in [1.807, 2.05) is 27.7 Å². The molecule has 10 heavy (non-hydrogen) atoms. The summed E-state index contributed by atoms with van der Waals surface area (Å²) in [6.45, 7) is 17.2. The van der Waals surface area contributed by atoms with Gasteiger partial charge in [0.05, 0.1) is 0 Å². The van der Waals surface area contributed by atoms with Gasteiger partial charge in [0.1, 0.15) is 0 Å². The summed E-state index contributed by atoms with van der Waals surface area (Å²) in [6.07, 6.45) is 2.56. The van der Waals surface area contributed by atoms with Crippen LogP contribution in [0.2, 0.25) is 0 Å². The summed E-state index contributed by atoms with van der Waals surface area (Å²) in [4.78, 5) is 0. The van der Waals surface area contributed by atoms with Crippen LogP contribution < -0.4 is 0 Å². The van der Waals surface area contributed by atoms with Gasteiger partial charge in [-0.1, -0.05) is 40.3 Å². The second-order valence-electron chi connectivity index (χ2n) is 0.402. The van der Waals surface area contributed by atoms with Crippen LogP contribution in [-0.2, 0) is 0 Å². The Morgan fingerprint density at radius 3 is 1.10 bits per heavy atom. The molecule has 0 unspecified atom stereocenters. The monoisotopic (exact) mass is 143 g/mol. The summed E-state index contributed by atoms with van der Waals surface area (Å²) in [7, 11) is 0. The van der Waals surface area contributed by atoms with Gasteiger partial charge < -0.3 is 5.41 Å². The average Bonchev–Trinajstić information content (AvgIpc) is 2.14. The lowest BCUT2D eigenvalue weighted by molar-refractivity contribution is 1.50. The molecule has 0 saturated heterocycles. The maximum atomic E-state index is 6.21. The maximum absolute atomic E-state index is 6.21. The van der Waals surface area contributed by atoms with E-state index >= 15 is 0 Å². The van der Waals surface area contributed by atoms with Crippen LogP contribution in [0.15, 0.2) is 25.8 Å². The average molecular weight is 143 g/mol. The van der Waals surface area contributed by atoms with Crippen LogP contribution >= 0.6 is 0 Å². The minimum Gasteiger partial charge on any atom is -0.309 e. The normalized spacial score (nSPS) is 3.60. The fourth-order valence-electron chi connectivity index (χ4n) is 0. The first kappa shape index (κ1) is 22.9. The zero-order chi connectivity index (χ0) is 9.41. The van der Waals surface area contributed by atoms with E-state index < -0.39 is 0 Å². The Morgan fingerprint density at radius 2 is 1.10 bits per heavy atom. The Hall–Kier alpha value is -0.850. The van der Waals surface area contributed by atoms with Crippen molar-refractivity contribution in [3.63, 3.8) is 0 Å². The third kappa shape index (κ3) is 12000. The van der Waals surface area contributed by atoms with E-state index in [4.69, 9.17) is 5.41 Å². The Bertz CT molecular complexity index is 34.0. The molecule has 0 aromatic heterocycles. The number of allylic oxidation sites excluding steroid dienone is 1. The van der Waals surface area contributed by atoms with Gasteiger partial charge >= 0.3 is 0 Å². The van der Waals surface area contributed by atoms with Crippen molar-refractivity contribution >= 4 is 6.21 Å². The fourth-order valence-corrected chi connectivity index (χ4v) is 0. The second kappa shape index (κ2) is 315. The SMILES string of the molecule is C=C.C=CC=N.CC.CC. The van der Waals surface area contributed by atoms with Crippen molar-refractivity contribution in [1.82, 2.24) is 0 Å². The third-order valence-corrected chi connectivity index (χ3v) is 0.118. The molecule has 0 aliphatic rings. The highest BCUT2D eigenvalue weighted by Crippen LogP contribution is 1.37. The minimum atomic E-state index is 1.14. The van der Waals surface area contributed by atoms with Gasteiger partial charge in [-0.2, -0.15) is 0 Å². The first-order chi connectivity index (χ1) is 4.91. The van der Waals surface area contributed by atoms with Gasteiger partial charge in [-0.25, -0.2) is 0 Å². The molecule has 0 aliphatic heterocycles. The second-order valence-corrected chi connectivity index (χ2v) is 0.402. The van der Waals surface area contributed by atoms with Crippen LogP contribution in [0, 0.1) is 5.41 Å². The van der Waals surface area contributed by atoms with Crippen molar-refractivity contribution in [2.75, 3.05) is 0 Å². The summed E-state index contributed by atoms with van der Waals surface area (Å²) in [5.41, 5.74) is 0. The maximum Gasteiger partial charge on any atom is 0.0171 e. The van der Waals surface area contributed by atoms with Gasteiger partial charge in [-0.3, -0.25) is 0 Å². The lowest BCUT2D eigenvalue weighted by Gasteiger charge is -1.43. The van der Waals surface area contributed by atoms with Crippen LogP contribution in [0.5, 0.6) is 0 Å². The molecule has 0 bridgehead atoms. The smallest absolute Gasteiger partial charge is 0.0171 e. The number of nitrogens with one attached hydrogen (secondary N) is 1. The molecule has 0 rings (SSSR count). The molecule has 0 aliphatic carbocycles. The van der Waals surface area contributed by atoms with Crippen molar-refractivity contribution in [3.05, 3.63) is 25.8 Å². The molecule has 1 N–H and O–H groups in total. The van der Waals surface area contributed by atoms with Crippen LogP contribution in [0.1, 0.15) is 27.7 Å². The van der Waals surface area contributed by atoms with Gasteiger partial charge in [0.15, 0.2) is 0 Å². The summed E-state index contributed by atoms with van der Waals surface area (Å²) in [5.74, 6) is 0. The highest BCUT2D eigenvalue weighted by Gasteiger charge is 1.31. The molecule has 0 aromatic rings. The van der Waals surface area contributed by atoms with Crippen molar-refractivity contribution in [1.29, 1.82) is 5.41 Å². The van der Waals surface area contributed by atoms with Crippen LogP contribution in [0.25, 0.3) is 0 Å². The summed E-state index contributed by atoms with van der Waals surface area (Å²) < 4.78 is 0. The molecule has 0 saturated carbocycles. The topological polar surface area (TPSA) is 23.9 Å². The molecule has 1 heteroatoms. The van der Waals surface area contributed by atoms with E-state index in [2.05, 4.69) is 19.7 Å². The van der Waals surface area contributed by atoms with Crippen molar-refractivity contribution < 1.29 is 0 Å². The molecule has 0 atom stereocenters. The van der Waals surface area contributed by atoms with E-state index in [1.165, 1.54) is 6.08 Å². The van der Waals surface area contributed by atoms with Crippen LogP contribution in [0.3, 0.4) is 0 Å². The Labute approximate surface area is 66.0 Å². The molecule has 0 radical (unpaired) electrons. The largest absolute Gasteiger partial charge is 0.309 e. The molecule has 0 spiro atoms. The van der Waals surface area contributed by atoms with Gasteiger partial charge in [0.2, 0.25) is 0 Å². The van der Waals surface area contributed by atoms with Gasteiger partial charge in [0, 0.05) is 6.21 Å². The van der Waals surface area contributed by atoms with Crippen LogP contribution in [0.4, 0.5) is 0 Å². The molecular weight excluding hydrogens is 122 g/mol. The van der Waals surface area contributed by atoms with Gasteiger partial charge in [-0.05, 0) is 0 Å². The van der Waals surface area contributed by atoms with E-state index in [1.54, 1.807) is 0 Å². The predicted molar refractivity (Wildman–Crippen MR) is 52.9 cm³/mol.